The first-order chi connectivity index (χ1) is 15.7. The maximum absolute atomic E-state index is 10.3. The topological polar surface area (TPSA) is 60.3 Å². The summed E-state index contributed by atoms with van der Waals surface area (Å²) < 4.78 is 17.1. The summed E-state index contributed by atoms with van der Waals surface area (Å²) in [6, 6.07) is 22.0. The van der Waals surface area contributed by atoms with Gasteiger partial charge in [0.1, 0.15) is 11.5 Å². The summed E-state index contributed by atoms with van der Waals surface area (Å²) in [6.45, 7) is 0. The monoisotopic (exact) mass is 429 g/mol. The second-order valence-electron chi connectivity index (χ2n) is 8.35. The van der Waals surface area contributed by atoms with Crippen LogP contribution in [0.15, 0.2) is 71.7 Å². The van der Waals surface area contributed by atoms with Crippen LogP contribution in [-0.4, -0.2) is 37.2 Å². The average molecular weight is 430 g/mol. The average Bonchev–Trinajstić information content (AvgIpc) is 2.84. The smallest absolute Gasteiger partial charge is 0.161 e. The van der Waals surface area contributed by atoms with Crippen molar-refractivity contribution in [1.29, 1.82) is 0 Å². The van der Waals surface area contributed by atoms with Crippen molar-refractivity contribution >= 4 is 5.71 Å². The molecule has 0 spiro atoms. The van der Waals surface area contributed by atoms with Crippen LogP contribution in [0.2, 0.25) is 0 Å². The van der Waals surface area contributed by atoms with Crippen molar-refractivity contribution in [3.8, 4) is 23.0 Å². The van der Waals surface area contributed by atoms with E-state index < -0.39 is 0 Å². The Balaban J connectivity index is 1.53. The molecule has 2 aliphatic rings. The van der Waals surface area contributed by atoms with Crippen LogP contribution in [-0.2, 0) is 0 Å². The summed E-state index contributed by atoms with van der Waals surface area (Å²) in [4.78, 5) is 5.16. The van der Waals surface area contributed by atoms with Crippen molar-refractivity contribution in [2.45, 2.75) is 37.3 Å². The van der Waals surface area contributed by atoms with E-state index in [1.807, 2.05) is 48.5 Å². The molecule has 1 saturated carbocycles. The highest BCUT2D eigenvalue weighted by atomic mass is 16.5. The number of aliphatic imine (C=N–C) groups is 1. The molecule has 164 valence electrons. The molecule has 1 N–H and O–H groups in total. The SMILES string of the molecule is COc1cc2c(cc1OC)C1CC(O)CCC1N=C2c1ccc(Oc2ccccc2)cc1. The van der Waals surface area contributed by atoms with Crippen LogP contribution in [0.3, 0.4) is 0 Å². The van der Waals surface area contributed by atoms with Crippen molar-refractivity contribution in [3.63, 3.8) is 0 Å². The Morgan fingerprint density at radius 1 is 0.844 bits per heavy atom. The number of ether oxygens (including phenoxy) is 3. The Labute approximate surface area is 188 Å². The third kappa shape index (κ3) is 3.84. The fourth-order valence-corrected chi connectivity index (χ4v) is 4.80. The molecule has 0 aromatic heterocycles. The number of fused-ring (bicyclic) bond motifs is 3. The van der Waals surface area contributed by atoms with E-state index in [4.69, 9.17) is 19.2 Å². The van der Waals surface area contributed by atoms with Gasteiger partial charge in [-0.1, -0.05) is 18.2 Å². The molecule has 1 heterocycles. The molecule has 3 atom stereocenters. The maximum Gasteiger partial charge on any atom is 0.161 e. The Kier molecular flexibility index (Phi) is 5.58. The molecule has 5 heteroatoms. The largest absolute Gasteiger partial charge is 0.493 e. The van der Waals surface area contributed by atoms with E-state index >= 15 is 0 Å². The highest BCUT2D eigenvalue weighted by Crippen LogP contribution is 2.45. The van der Waals surface area contributed by atoms with E-state index in [2.05, 4.69) is 18.2 Å². The summed E-state index contributed by atoms with van der Waals surface area (Å²) in [7, 11) is 3.30. The number of rotatable bonds is 5. The first-order valence-electron chi connectivity index (χ1n) is 11.0. The molecule has 0 bridgehead atoms. The number of para-hydroxylation sites is 1. The molecule has 3 unspecified atom stereocenters. The Morgan fingerprint density at radius 3 is 2.25 bits per heavy atom. The Bertz CT molecular complexity index is 1120. The third-order valence-corrected chi connectivity index (χ3v) is 6.40. The first-order valence-corrected chi connectivity index (χ1v) is 11.0. The molecule has 32 heavy (non-hydrogen) atoms. The predicted octanol–water partition coefficient (Wildman–Crippen LogP) is 5.34. The maximum atomic E-state index is 10.3. The summed E-state index contributed by atoms with van der Waals surface area (Å²) in [6.07, 6.45) is 2.08. The van der Waals surface area contributed by atoms with Gasteiger partial charge in [-0.3, -0.25) is 4.99 Å². The summed E-state index contributed by atoms with van der Waals surface area (Å²) >= 11 is 0. The van der Waals surface area contributed by atoms with Crippen LogP contribution < -0.4 is 14.2 Å². The van der Waals surface area contributed by atoms with Gasteiger partial charge in [-0.25, -0.2) is 0 Å². The third-order valence-electron chi connectivity index (χ3n) is 6.40. The van der Waals surface area contributed by atoms with Gasteiger partial charge in [-0.05, 0) is 73.4 Å². The molecule has 0 amide bonds. The molecule has 5 rings (SSSR count). The van der Waals surface area contributed by atoms with Crippen LogP contribution in [0.4, 0.5) is 0 Å². The molecule has 3 aromatic rings. The fraction of sp³-hybridized carbons (Fsp3) is 0.296. The van der Waals surface area contributed by atoms with Crippen LogP contribution in [0, 0.1) is 0 Å². The normalized spacial score (nSPS) is 21.7. The van der Waals surface area contributed by atoms with Gasteiger partial charge in [-0.2, -0.15) is 0 Å². The van der Waals surface area contributed by atoms with Gasteiger partial charge in [0.15, 0.2) is 11.5 Å². The van der Waals surface area contributed by atoms with Crippen molar-refractivity contribution in [1.82, 2.24) is 0 Å². The molecule has 1 fully saturated rings. The zero-order valence-electron chi connectivity index (χ0n) is 18.3. The molecule has 0 radical (unpaired) electrons. The zero-order chi connectivity index (χ0) is 22.1. The lowest BCUT2D eigenvalue weighted by atomic mass is 9.74. The van der Waals surface area contributed by atoms with Gasteiger partial charge in [0.25, 0.3) is 0 Å². The van der Waals surface area contributed by atoms with Crippen LogP contribution >= 0.6 is 0 Å². The van der Waals surface area contributed by atoms with Crippen molar-refractivity contribution in [3.05, 3.63) is 83.4 Å². The number of hydrogen-bond donors (Lipinski definition) is 1. The molecule has 3 aromatic carbocycles. The van der Waals surface area contributed by atoms with Gasteiger partial charge in [0, 0.05) is 17.0 Å². The summed E-state index contributed by atoms with van der Waals surface area (Å²) in [5, 5.41) is 10.3. The zero-order valence-corrected chi connectivity index (χ0v) is 18.3. The molecule has 5 nitrogen and oxygen atoms in total. The predicted molar refractivity (Wildman–Crippen MR) is 125 cm³/mol. The summed E-state index contributed by atoms with van der Waals surface area (Å²) in [5.74, 6) is 3.15. The number of benzene rings is 3. The highest BCUT2D eigenvalue weighted by molar-refractivity contribution is 6.15. The van der Waals surface area contributed by atoms with E-state index in [-0.39, 0.29) is 18.1 Å². The lowest BCUT2D eigenvalue weighted by Gasteiger charge is -2.37. The van der Waals surface area contributed by atoms with Gasteiger partial charge in [0.2, 0.25) is 0 Å². The lowest BCUT2D eigenvalue weighted by Crippen LogP contribution is -2.34. The van der Waals surface area contributed by atoms with Crippen LogP contribution in [0.1, 0.15) is 41.9 Å². The number of nitrogens with zero attached hydrogens (tertiary/aromatic N) is 1. The van der Waals surface area contributed by atoms with E-state index in [0.29, 0.717) is 17.9 Å². The Morgan fingerprint density at radius 2 is 1.53 bits per heavy atom. The van der Waals surface area contributed by atoms with Crippen molar-refractivity contribution in [2.75, 3.05) is 14.2 Å². The number of aliphatic hydroxyl groups is 1. The van der Waals surface area contributed by atoms with Crippen LogP contribution in [0.25, 0.3) is 0 Å². The number of hydrogen-bond acceptors (Lipinski definition) is 5. The first kappa shape index (κ1) is 20.6. The molecular formula is C27H27NO4. The quantitative estimate of drug-likeness (QED) is 0.594. The standard InChI is InChI=1S/C27H27NO4/c1-30-25-15-21-22-14-18(29)10-13-24(22)28-27(23(21)16-26(25)31-2)17-8-11-20(12-9-17)32-19-6-4-3-5-7-19/h3-9,11-12,15-16,18,22,24,29H,10,13-14H2,1-2H3. The second-order valence-corrected chi connectivity index (χ2v) is 8.35. The van der Waals surface area contributed by atoms with E-state index in [9.17, 15) is 5.11 Å². The minimum Gasteiger partial charge on any atom is -0.493 e. The number of aliphatic hydroxyl groups excluding tert-OH is 1. The minimum atomic E-state index is -0.289. The van der Waals surface area contributed by atoms with Crippen molar-refractivity contribution in [2.24, 2.45) is 4.99 Å². The fourth-order valence-electron chi connectivity index (χ4n) is 4.80. The van der Waals surface area contributed by atoms with Gasteiger partial charge >= 0.3 is 0 Å². The Hall–Kier alpha value is -3.31. The van der Waals surface area contributed by atoms with E-state index in [1.165, 1.54) is 5.56 Å². The van der Waals surface area contributed by atoms with E-state index in [0.717, 1.165) is 41.2 Å². The van der Waals surface area contributed by atoms with Crippen molar-refractivity contribution < 1.29 is 19.3 Å². The van der Waals surface area contributed by atoms with Crippen LogP contribution in [0.5, 0.6) is 23.0 Å². The number of methoxy groups -OCH3 is 2. The molecular weight excluding hydrogens is 402 g/mol. The second kappa shape index (κ2) is 8.67. The van der Waals surface area contributed by atoms with Gasteiger partial charge in [-0.15, -0.1) is 0 Å². The molecule has 1 aliphatic heterocycles. The molecule has 1 aliphatic carbocycles. The minimum absolute atomic E-state index is 0.152. The van der Waals surface area contributed by atoms with E-state index in [1.54, 1.807) is 14.2 Å². The highest BCUT2D eigenvalue weighted by Gasteiger charge is 2.37. The van der Waals surface area contributed by atoms with Gasteiger partial charge in [0.05, 0.1) is 32.1 Å². The lowest BCUT2D eigenvalue weighted by molar-refractivity contribution is 0.111. The molecule has 0 saturated heterocycles. The summed E-state index contributed by atoms with van der Waals surface area (Å²) in [5.41, 5.74) is 4.18. The van der Waals surface area contributed by atoms with Gasteiger partial charge < -0.3 is 19.3 Å².